The van der Waals surface area contributed by atoms with Crippen LogP contribution in [0, 0.1) is 0 Å². The van der Waals surface area contributed by atoms with Crippen LogP contribution in [0.15, 0.2) is 36.7 Å². The van der Waals surface area contributed by atoms with Gasteiger partial charge in [0.2, 0.25) is 5.91 Å². The predicted molar refractivity (Wildman–Crippen MR) is 80.9 cm³/mol. The minimum Gasteiger partial charge on any atom is -0.486 e. The van der Waals surface area contributed by atoms with E-state index in [0.29, 0.717) is 13.0 Å². The Balaban J connectivity index is 1.87. The zero-order valence-electron chi connectivity index (χ0n) is 12.2. The van der Waals surface area contributed by atoms with Crippen molar-refractivity contribution in [2.24, 2.45) is 12.8 Å². The smallest absolute Gasteiger partial charge is 0.225 e. The van der Waals surface area contributed by atoms with Gasteiger partial charge in [-0.15, -0.1) is 0 Å². The lowest BCUT2D eigenvalue weighted by molar-refractivity contribution is -0.116. The minimum atomic E-state index is -0.148. The number of carbonyl (C=O) groups is 1. The summed E-state index contributed by atoms with van der Waals surface area (Å²) in [6.07, 6.45) is 3.91. The number of amides is 1. The van der Waals surface area contributed by atoms with Gasteiger partial charge in [-0.2, -0.15) is 0 Å². The Kier molecular flexibility index (Phi) is 4.94. The first-order valence-corrected chi connectivity index (χ1v) is 6.79. The molecular weight excluding hydrogens is 268 g/mol. The number of hydrogen-bond acceptors (Lipinski definition) is 4. The van der Waals surface area contributed by atoms with Crippen molar-refractivity contribution < 1.29 is 9.53 Å². The topological polar surface area (TPSA) is 82.2 Å². The number of rotatable bonds is 6. The van der Waals surface area contributed by atoms with Crippen LogP contribution in [0.5, 0.6) is 5.75 Å². The summed E-state index contributed by atoms with van der Waals surface area (Å²) >= 11 is 0. The molecule has 21 heavy (non-hydrogen) atoms. The SMILES string of the molecule is CC(N)CC(=O)Nc1ccc(OCc2nccn2C)cc1. The van der Waals surface area contributed by atoms with Crippen LogP contribution in [-0.2, 0) is 18.4 Å². The normalized spacial score (nSPS) is 12.0. The molecule has 3 N–H and O–H groups in total. The summed E-state index contributed by atoms with van der Waals surface area (Å²) < 4.78 is 7.55. The zero-order valence-corrected chi connectivity index (χ0v) is 12.2. The molecule has 0 aliphatic carbocycles. The highest BCUT2D eigenvalue weighted by molar-refractivity contribution is 5.91. The van der Waals surface area contributed by atoms with E-state index in [-0.39, 0.29) is 11.9 Å². The van der Waals surface area contributed by atoms with Crippen molar-refractivity contribution in [3.8, 4) is 5.75 Å². The molecule has 112 valence electrons. The van der Waals surface area contributed by atoms with Crippen LogP contribution in [0.4, 0.5) is 5.69 Å². The van der Waals surface area contributed by atoms with Crippen molar-refractivity contribution in [2.75, 3.05) is 5.32 Å². The number of anilines is 1. The Hall–Kier alpha value is -2.34. The molecule has 0 saturated carbocycles. The van der Waals surface area contributed by atoms with Gasteiger partial charge < -0.3 is 20.4 Å². The number of aryl methyl sites for hydroxylation is 1. The third kappa shape index (κ3) is 4.61. The third-order valence-electron chi connectivity index (χ3n) is 2.93. The van der Waals surface area contributed by atoms with Crippen LogP contribution in [0.2, 0.25) is 0 Å². The van der Waals surface area contributed by atoms with Gasteiger partial charge in [-0.05, 0) is 31.2 Å². The Bertz CT molecular complexity index is 590. The first-order valence-electron chi connectivity index (χ1n) is 6.79. The van der Waals surface area contributed by atoms with Gasteiger partial charge in [0.1, 0.15) is 18.2 Å². The van der Waals surface area contributed by atoms with E-state index in [2.05, 4.69) is 10.3 Å². The summed E-state index contributed by atoms with van der Waals surface area (Å²) in [6, 6.07) is 7.07. The lowest BCUT2D eigenvalue weighted by Crippen LogP contribution is -2.23. The number of aromatic nitrogens is 2. The van der Waals surface area contributed by atoms with Gasteiger partial charge in [-0.25, -0.2) is 4.98 Å². The summed E-state index contributed by atoms with van der Waals surface area (Å²) in [6.45, 7) is 2.20. The molecule has 1 amide bonds. The number of nitrogens with zero attached hydrogens (tertiary/aromatic N) is 2. The lowest BCUT2D eigenvalue weighted by Gasteiger charge is -2.09. The van der Waals surface area contributed by atoms with Gasteiger partial charge in [-0.1, -0.05) is 0 Å². The first-order chi connectivity index (χ1) is 10.0. The fraction of sp³-hybridized carbons (Fsp3) is 0.333. The van der Waals surface area contributed by atoms with Gasteiger partial charge in [-0.3, -0.25) is 4.79 Å². The maximum atomic E-state index is 11.6. The molecule has 1 aromatic heterocycles. The lowest BCUT2D eigenvalue weighted by atomic mass is 10.2. The molecule has 1 aromatic carbocycles. The molecule has 6 nitrogen and oxygen atoms in total. The summed E-state index contributed by atoms with van der Waals surface area (Å²) in [5, 5.41) is 2.79. The summed E-state index contributed by atoms with van der Waals surface area (Å²) in [5.41, 5.74) is 6.31. The van der Waals surface area contributed by atoms with E-state index in [4.69, 9.17) is 10.5 Å². The fourth-order valence-corrected chi connectivity index (χ4v) is 1.82. The van der Waals surface area contributed by atoms with Crippen LogP contribution in [0.25, 0.3) is 0 Å². The van der Waals surface area contributed by atoms with Crippen molar-refractivity contribution in [3.05, 3.63) is 42.5 Å². The zero-order chi connectivity index (χ0) is 15.2. The highest BCUT2D eigenvalue weighted by Gasteiger charge is 2.06. The number of carbonyl (C=O) groups excluding carboxylic acids is 1. The Morgan fingerprint density at radius 2 is 2.14 bits per heavy atom. The largest absolute Gasteiger partial charge is 0.486 e. The molecule has 0 bridgehead atoms. The number of nitrogens with two attached hydrogens (primary N) is 1. The Morgan fingerprint density at radius 1 is 1.43 bits per heavy atom. The molecule has 1 heterocycles. The molecule has 2 aromatic rings. The van der Waals surface area contributed by atoms with Crippen molar-refractivity contribution >= 4 is 11.6 Å². The molecule has 0 saturated heterocycles. The minimum absolute atomic E-state index is 0.0910. The van der Waals surface area contributed by atoms with Crippen molar-refractivity contribution in [1.29, 1.82) is 0 Å². The van der Waals surface area contributed by atoms with Crippen LogP contribution >= 0.6 is 0 Å². The van der Waals surface area contributed by atoms with Crippen molar-refractivity contribution in [3.63, 3.8) is 0 Å². The molecule has 6 heteroatoms. The van der Waals surface area contributed by atoms with Crippen LogP contribution in [0.1, 0.15) is 19.2 Å². The first kappa shape index (κ1) is 15.1. The van der Waals surface area contributed by atoms with Crippen molar-refractivity contribution in [1.82, 2.24) is 9.55 Å². The van der Waals surface area contributed by atoms with Gasteiger partial charge in [0.05, 0.1) is 0 Å². The second-order valence-electron chi connectivity index (χ2n) is 5.00. The molecule has 1 atom stereocenters. The van der Waals surface area contributed by atoms with Gasteiger partial charge >= 0.3 is 0 Å². The highest BCUT2D eigenvalue weighted by Crippen LogP contribution is 2.17. The van der Waals surface area contributed by atoms with Crippen LogP contribution in [-0.4, -0.2) is 21.5 Å². The molecule has 0 aliphatic rings. The highest BCUT2D eigenvalue weighted by atomic mass is 16.5. The predicted octanol–water partition coefficient (Wildman–Crippen LogP) is 1.67. The standard InChI is InChI=1S/C15H20N4O2/c1-11(16)9-15(20)18-12-3-5-13(6-4-12)21-10-14-17-7-8-19(14)2/h3-8,11H,9-10,16H2,1-2H3,(H,18,20). The number of benzene rings is 1. The van der Waals surface area contributed by atoms with E-state index < -0.39 is 0 Å². The molecule has 2 rings (SSSR count). The average molecular weight is 288 g/mol. The van der Waals surface area contributed by atoms with Gasteiger partial charge in [0.15, 0.2) is 0 Å². The summed E-state index contributed by atoms with van der Waals surface area (Å²) in [5.74, 6) is 1.49. The Labute approximate surface area is 123 Å². The second-order valence-corrected chi connectivity index (χ2v) is 5.00. The number of imidazole rings is 1. The second kappa shape index (κ2) is 6.90. The summed E-state index contributed by atoms with van der Waals surface area (Å²) in [7, 11) is 1.92. The quantitative estimate of drug-likeness (QED) is 0.847. The Morgan fingerprint density at radius 3 is 2.71 bits per heavy atom. The third-order valence-corrected chi connectivity index (χ3v) is 2.93. The molecule has 0 spiro atoms. The average Bonchev–Trinajstić information content (AvgIpc) is 2.82. The van der Waals surface area contributed by atoms with E-state index >= 15 is 0 Å². The maximum absolute atomic E-state index is 11.6. The molecule has 0 fully saturated rings. The van der Waals surface area contributed by atoms with E-state index in [1.165, 1.54) is 0 Å². The van der Waals surface area contributed by atoms with E-state index in [1.807, 2.05) is 29.9 Å². The number of ether oxygens (including phenoxy) is 1. The van der Waals surface area contributed by atoms with E-state index in [9.17, 15) is 4.79 Å². The summed E-state index contributed by atoms with van der Waals surface area (Å²) in [4.78, 5) is 15.8. The van der Waals surface area contributed by atoms with Crippen molar-refractivity contribution in [2.45, 2.75) is 26.0 Å². The van der Waals surface area contributed by atoms with Gasteiger partial charge in [0, 0.05) is 37.6 Å². The molecule has 0 aliphatic heterocycles. The van der Waals surface area contributed by atoms with Gasteiger partial charge in [0.25, 0.3) is 0 Å². The van der Waals surface area contributed by atoms with E-state index in [0.717, 1.165) is 17.3 Å². The van der Waals surface area contributed by atoms with Crippen LogP contribution < -0.4 is 15.8 Å². The maximum Gasteiger partial charge on any atom is 0.225 e. The number of nitrogens with one attached hydrogen (secondary N) is 1. The monoisotopic (exact) mass is 288 g/mol. The van der Waals surface area contributed by atoms with E-state index in [1.54, 1.807) is 25.3 Å². The molecule has 0 radical (unpaired) electrons. The molecular formula is C15H20N4O2. The molecule has 1 unspecified atom stereocenters. The van der Waals surface area contributed by atoms with Crippen LogP contribution in [0.3, 0.4) is 0 Å². The number of hydrogen-bond donors (Lipinski definition) is 2. The fourth-order valence-electron chi connectivity index (χ4n) is 1.82.